The fourth-order valence-corrected chi connectivity index (χ4v) is 2.66. The zero-order chi connectivity index (χ0) is 21.2. The number of nitrogens with zero attached hydrogens (tertiary/aromatic N) is 1. The molecule has 0 saturated carbocycles. The van der Waals surface area contributed by atoms with Crippen LogP contribution in [0.4, 0.5) is 0 Å². The topological polar surface area (TPSA) is 85.2 Å². The highest BCUT2D eigenvalue weighted by Gasteiger charge is 2.14. The van der Waals surface area contributed by atoms with Gasteiger partial charge < -0.3 is 28.3 Å². The van der Waals surface area contributed by atoms with Gasteiger partial charge in [0.25, 0.3) is 0 Å². The number of rotatable bonds is 11. The van der Waals surface area contributed by atoms with E-state index >= 15 is 0 Å². The zero-order valence-electron chi connectivity index (χ0n) is 17.2. The van der Waals surface area contributed by atoms with Gasteiger partial charge in [0.2, 0.25) is 5.43 Å². The summed E-state index contributed by atoms with van der Waals surface area (Å²) < 4.78 is 28.1. The Hall–Kier alpha value is -3.00. The number of ether oxygens (including phenoxy) is 5. The van der Waals surface area contributed by atoms with Crippen LogP contribution in [0, 0.1) is 6.92 Å². The van der Waals surface area contributed by atoms with E-state index in [-0.39, 0.29) is 30.5 Å². The molecular formula is C21H27NO7. The molecule has 0 aliphatic carbocycles. The minimum atomic E-state index is -0.563. The first-order valence-corrected chi connectivity index (χ1v) is 9.22. The van der Waals surface area contributed by atoms with Crippen molar-refractivity contribution in [3.05, 3.63) is 52.4 Å². The molecule has 8 heteroatoms. The first kappa shape index (κ1) is 22.3. The lowest BCUT2D eigenvalue weighted by molar-refractivity contribution is -0.152. The van der Waals surface area contributed by atoms with Gasteiger partial charge in [0.1, 0.15) is 24.2 Å². The summed E-state index contributed by atoms with van der Waals surface area (Å²) in [6, 6.07) is 8.68. The van der Waals surface area contributed by atoms with Crippen LogP contribution in [0.1, 0.15) is 12.6 Å². The summed E-state index contributed by atoms with van der Waals surface area (Å²) in [5.74, 6) is 1.03. The van der Waals surface area contributed by atoms with Gasteiger partial charge in [-0.3, -0.25) is 4.79 Å². The maximum Gasteiger partial charge on any atom is 0.344 e. The van der Waals surface area contributed by atoms with E-state index in [1.807, 2.05) is 28.8 Å². The van der Waals surface area contributed by atoms with Crippen molar-refractivity contribution in [2.24, 2.45) is 0 Å². The molecule has 0 saturated heterocycles. The molecular weight excluding hydrogens is 378 g/mol. The standard InChI is InChI=1S/C21H27NO7/c1-15(13-25-3)29-20(24)14-28-21-16(2)22(10-9-19(21)23)11-12-27-18-7-5-17(26-4)6-8-18/h5-10,15H,11-14H2,1-4H3. The summed E-state index contributed by atoms with van der Waals surface area (Å²) in [5.41, 5.74) is 0.307. The van der Waals surface area contributed by atoms with E-state index < -0.39 is 5.97 Å². The Morgan fingerprint density at radius 1 is 1.07 bits per heavy atom. The lowest BCUT2D eigenvalue weighted by Crippen LogP contribution is -2.25. The summed E-state index contributed by atoms with van der Waals surface area (Å²) in [7, 11) is 3.13. The van der Waals surface area contributed by atoms with Crippen LogP contribution in [-0.4, -0.2) is 50.7 Å². The molecule has 0 fully saturated rings. The highest BCUT2D eigenvalue weighted by atomic mass is 16.6. The SMILES string of the molecule is COCC(C)OC(=O)COc1c(C)n(CCOc2ccc(OC)cc2)ccc1=O. The van der Waals surface area contributed by atoms with Crippen LogP contribution in [0.5, 0.6) is 17.2 Å². The third kappa shape index (κ3) is 6.83. The Kier molecular flexibility index (Phi) is 8.54. The number of pyridine rings is 1. The van der Waals surface area contributed by atoms with Gasteiger partial charge in [-0.25, -0.2) is 4.79 Å². The van der Waals surface area contributed by atoms with Gasteiger partial charge in [0.15, 0.2) is 12.4 Å². The second-order valence-corrected chi connectivity index (χ2v) is 6.36. The molecule has 0 amide bonds. The Morgan fingerprint density at radius 2 is 1.76 bits per heavy atom. The molecule has 2 rings (SSSR count). The predicted molar refractivity (Wildman–Crippen MR) is 107 cm³/mol. The Morgan fingerprint density at radius 3 is 2.41 bits per heavy atom. The van der Waals surface area contributed by atoms with E-state index in [9.17, 15) is 9.59 Å². The summed E-state index contributed by atoms with van der Waals surface area (Å²) in [6.07, 6.45) is 1.28. The molecule has 158 valence electrons. The highest BCUT2D eigenvalue weighted by Crippen LogP contribution is 2.17. The molecule has 0 N–H and O–H groups in total. The minimum absolute atomic E-state index is 0.119. The smallest absolute Gasteiger partial charge is 0.344 e. The van der Waals surface area contributed by atoms with Crippen LogP contribution < -0.4 is 19.6 Å². The van der Waals surface area contributed by atoms with Gasteiger partial charge in [-0.2, -0.15) is 0 Å². The minimum Gasteiger partial charge on any atom is -0.497 e. The fourth-order valence-electron chi connectivity index (χ4n) is 2.66. The summed E-state index contributed by atoms with van der Waals surface area (Å²) >= 11 is 0. The van der Waals surface area contributed by atoms with Crippen LogP contribution in [0.15, 0.2) is 41.3 Å². The molecule has 1 unspecified atom stereocenters. The molecule has 29 heavy (non-hydrogen) atoms. The molecule has 0 aliphatic rings. The van der Waals surface area contributed by atoms with E-state index in [2.05, 4.69) is 0 Å². The van der Waals surface area contributed by atoms with Gasteiger partial charge in [-0.1, -0.05) is 0 Å². The van der Waals surface area contributed by atoms with E-state index in [0.29, 0.717) is 24.6 Å². The van der Waals surface area contributed by atoms with Crippen molar-refractivity contribution in [1.82, 2.24) is 4.57 Å². The average Bonchev–Trinajstić information content (AvgIpc) is 2.70. The van der Waals surface area contributed by atoms with Gasteiger partial charge >= 0.3 is 5.97 Å². The highest BCUT2D eigenvalue weighted by molar-refractivity contribution is 5.71. The number of carbonyl (C=O) groups excluding carboxylic acids is 1. The second-order valence-electron chi connectivity index (χ2n) is 6.36. The van der Waals surface area contributed by atoms with Crippen molar-refractivity contribution >= 4 is 5.97 Å². The monoisotopic (exact) mass is 405 g/mol. The maximum atomic E-state index is 12.1. The lowest BCUT2D eigenvalue weighted by Gasteiger charge is -2.16. The number of esters is 1. The van der Waals surface area contributed by atoms with E-state index in [1.54, 1.807) is 27.2 Å². The van der Waals surface area contributed by atoms with Crippen LogP contribution in [0.2, 0.25) is 0 Å². The molecule has 1 aromatic carbocycles. The molecule has 0 aliphatic heterocycles. The fraction of sp³-hybridized carbons (Fsp3) is 0.429. The molecule has 1 heterocycles. The molecule has 0 bridgehead atoms. The van der Waals surface area contributed by atoms with Gasteiger partial charge in [-0.15, -0.1) is 0 Å². The number of hydrogen-bond acceptors (Lipinski definition) is 7. The van der Waals surface area contributed by atoms with Crippen molar-refractivity contribution in [1.29, 1.82) is 0 Å². The number of carbonyl (C=O) groups is 1. The molecule has 0 spiro atoms. The van der Waals surface area contributed by atoms with Crippen LogP contribution in [-0.2, 0) is 20.8 Å². The maximum absolute atomic E-state index is 12.1. The van der Waals surface area contributed by atoms with Crippen molar-refractivity contribution in [3.63, 3.8) is 0 Å². The Bertz CT molecular complexity index is 845. The molecule has 1 aromatic heterocycles. The summed E-state index contributed by atoms with van der Waals surface area (Å²) in [4.78, 5) is 24.0. The van der Waals surface area contributed by atoms with Crippen molar-refractivity contribution in [2.75, 3.05) is 34.0 Å². The summed E-state index contributed by atoms with van der Waals surface area (Å²) in [5, 5.41) is 0. The van der Waals surface area contributed by atoms with Crippen molar-refractivity contribution in [3.8, 4) is 17.2 Å². The molecule has 0 radical (unpaired) electrons. The van der Waals surface area contributed by atoms with E-state index in [1.165, 1.54) is 13.2 Å². The van der Waals surface area contributed by atoms with Gasteiger partial charge in [-0.05, 0) is 38.1 Å². The average molecular weight is 405 g/mol. The Balaban J connectivity index is 1.93. The van der Waals surface area contributed by atoms with Gasteiger partial charge in [0.05, 0.1) is 26.0 Å². The van der Waals surface area contributed by atoms with E-state index in [0.717, 1.165) is 5.75 Å². The number of aromatic nitrogens is 1. The number of methoxy groups -OCH3 is 2. The third-order valence-corrected chi connectivity index (χ3v) is 4.12. The summed E-state index contributed by atoms with van der Waals surface area (Å²) in [6.45, 7) is 4.30. The lowest BCUT2D eigenvalue weighted by atomic mass is 10.3. The first-order chi connectivity index (χ1) is 13.9. The van der Waals surface area contributed by atoms with Crippen LogP contribution in [0.25, 0.3) is 0 Å². The Labute approximate surface area is 169 Å². The largest absolute Gasteiger partial charge is 0.497 e. The number of hydrogen-bond donors (Lipinski definition) is 0. The molecule has 1 atom stereocenters. The first-order valence-electron chi connectivity index (χ1n) is 9.22. The van der Waals surface area contributed by atoms with Gasteiger partial charge in [0, 0.05) is 19.4 Å². The zero-order valence-corrected chi connectivity index (χ0v) is 17.2. The quantitative estimate of drug-likeness (QED) is 0.530. The van der Waals surface area contributed by atoms with Crippen LogP contribution >= 0.6 is 0 Å². The number of benzene rings is 1. The predicted octanol–water partition coefficient (Wildman–Crippen LogP) is 2.20. The van der Waals surface area contributed by atoms with Crippen LogP contribution in [0.3, 0.4) is 0 Å². The second kappa shape index (κ2) is 11.1. The third-order valence-electron chi connectivity index (χ3n) is 4.12. The van der Waals surface area contributed by atoms with E-state index in [4.69, 9.17) is 23.7 Å². The van der Waals surface area contributed by atoms with Crippen molar-refractivity contribution < 1.29 is 28.5 Å². The molecule has 2 aromatic rings. The van der Waals surface area contributed by atoms with Crippen molar-refractivity contribution in [2.45, 2.75) is 26.5 Å². The molecule has 8 nitrogen and oxygen atoms in total. The normalized spacial score (nSPS) is 11.6.